The van der Waals surface area contributed by atoms with Gasteiger partial charge in [-0.25, -0.2) is 4.98 Å². The van der Waals surface area contributed by atoms with Gasteiger partial charge in [-0.05, 0) is 86.1 Å². The van der Waals surface area contributed by atoms with E-state index in [2.05, 4.69) is 60.2 Å². The van der Waals surface area contributed by atoms with Crippen LogP contribution in [0.4, 0.5) is 5.82 Å². The van der Waals surface area contributed by atoms with Crippen LogP contribution in [0.3, 0.4) is 0 Å². The Morgan fingerprint density at radius 3 is 2.61 bits per heavy atom. The first-order chi connectivity index (χ1) is 15.9. The van der Waals surface area contributed by atoms with Gasteiger partial charge in [-0.2, -0.15) is 0 Å². The maximum Gasteiger partial charge on any atom is 0.164 e. The van der Waals surface area contributed by atoms with Crippen molar-refractivity contribution in [2.24, 2.45) is 0 Å². The van der Waals surface area contributed by atoms with Crippen molar-refractivity contribution in [3.63, 3.8) is 0 Å². The van der Waals surface area contributed by atoms with Gasteiger partial charge in [-0.3, -0.25) is 4.98 Å². The number of anilines is 1. The number of aromatic nitrogens is 2. The average molecular weight is 464 g/mol. The van der Waals surface area contributed by atoms with Gasteiger partial charge in [0, 0.05) is 23.1 Å². The molecule has 0 aliphatic rings. The van der Waals surface area contributed by atoms with E-state index in [4.69, 9.17) is 20.3 Å². The topological polar surface area (TPSA) is 101 Å². The molecule has 4 rings (SSSR count). The van der Waals surface area contributed by atoms with E-state index in [-0.39, 0.29) is 0 Å². The fourth-order valence-corrected chi connectivity index (χ4v) is 4.57. The van der Waals surface area contributed by atoms with E-state index in [0.717, 1.165) is 58.8 Å². The van der Waals surface area contributed by atoms with Crippen LogP contribution in [0.1, 0.15) is 35.1 Å². The molecule has 0 saturated heterocycles. The molecule has 0 unspecified atom stereocenters. The lowest BCUT2D eigenvalue weighted by atomic mass is 9.99. The Hall–Kier alpha value is -2.79. The summed E-state index contributed by atoms with van der Waals surface area (Å²) in [5, 5.41) is 2.12. The van der Waals surface area contributed by atoms with E-state index in [9.17, 15) is 0 Å². The van der Waals surface area contributed by atoms with Gasteiger partial charge in [0.1, 0.15) is 11.3 Å². The van der Waals surface area contributed by atoms with Crippen LogP contribution < -0.4 is 10.5 Å². The molecule has 0 amide bonds. The third-order valence-electron chi connectivity index (χ3n) is 5.89. The Morgan fingerprint density at radius 2 is 1.82 bits per heavy atom. The van der Waals surface area contributed by atoms with Crippen LogP contribution >= 0.6 is 8.38 Å². The van der Waals surface area contributed by atoms with E-state index < -0.39 is 8.38 Å². The minimum atomic E-state index is -1.80. The molecule has 4 aromatic rings. The Bertz CT molecular complexity index is 1280. The van der Waals surface area contributed by atoms with Crippen molar-refractivity contribution >= 4 is 36.0 Å². The van der Waals surface area contributed by atoms with Crippen LogP contribution in [0.25, 0.3) is 21.8 Å². The maximum absolute atomic E-state index is 8.96. The number of aryl methyl sites for hydroxylation is 4. The molecule has 0 fully saturated rings. The highest BCUT2D eigenvalue weighted by molar-refractivity contribution is 7.45. The van der Waals surface area contributed by atoms with Gasteiger partial charge in [-0.15, -0.1) is 0 Å². The molecule has 2 aromatic heterocycles. The number of unbranched alkanes of at least 4 members (excludes halogenated alkanes) is 1. The summed E-state index contributed by atoms with van der Waals surface area (Å²) in [6.07, 6.45) is 5.70. The lowest BCUT2D eigenvalue weighted by molar-refractivity contribution is 0.308. The number of fused-ring (bicyclic) bond motifs is 3. The summed E-state index contributed by atoms with van der Waals surface area (Å²) in [6, 6.07) is 14.6. The zero-order valence-electron chi connectivity index (χ0n) is 19.1. The van der Waals surface area contributed by atoms with Crippen molar-refractivity contribution in [1.82, 2.24) is 9.97 Å². The monoisotopic (exact) mass is 463 g/mol. The highest BCUT2D eigenvalue weighted by atomic mass is 31.2. The van der Waals surface area contributed by atoms with Crippen molar-refractivity contribution < 1.29 is 14.5 Å². The van der Waals surface area contributed by atoms with Gasteiger partial charge in [-0.1, -0.05) is 18.2 Å². The Morgan fingerprint density at radius 1 is 0.970 bits per heavy atom. The highest BCUT2D eigenvalue weighted by Gasteiger charge is 2.10. The highest BCUT2D eigenvalue weighted by Crippen LogP contribution is 2.28. The summed E-state index contributed by atoms with van der Waals surface area (Å²) >= 11 is 0. The van der Waals surface area contributed by atoms with Crippen molar-refractivity contribution in [1.29, 1.82) is 0 Å². The Labute approximate surface area is 195 Å². The molecule has 0 atom stereocenters. The first-order valence-electron chi connectivity index (χ1n) is 11.2. The molecule has 0 bridgehead atoms. The number of nitrogen functional groups attached to an aromatic ring is 1. The summed E-state index contributed by atoms with van der Waals surface area (Å²) in [4.78, 5) is 27.1. The van der Waals surface area contributed by atoms with Crippen LogP contribution in [0.15, 0.2) is 48.7 Å². The summed E-state index contributed by atoms with van der Waals surface area (Å²) < 4.78 is 5.81. The smallest absolute Gasteiger partial charge is 0.164 e. The van der Waals surface area contributed by atoms with Crippen LogP contribution in [-0.2, 0) is 12.8 Å². The zero-order valence-corrected chi connectivity index (χ0v) is 20.0. The number of hydrogen-bond donors (Lipinski definition) is 3. The third-order valence-corrected chi connectivity index (χ3v) is 6.61. The number of ether oxygens (including phenoxy) is 1. The Balaban J connectivity index is 1.44. The zero-order chi connectivity index (χ0) is 23.4. The lowest BCUT2D eigenvalue weighted by Gasteiger charge is -2.11. The Kier molecular flexibility index (Phi) is 7.39. The number of benzene rings is 2. The second-order valence-corrected chi connectivity index (χ2v) is 9.69. The second-order valence-electron chi connectivity index (χ2n) is 8.50. The fourth-order valence-electron chi connectivity index (χ4n) is 4.06. The van der Waals surface area contributed by atoms with E-state index in [1.165, 1.54) is 16.7 Å². The minimum absolute atomic E-state index is 0.443. The van der Waals surface area contributed by atoms with Gasteiger partial charge in [0.2, 0.25) is 0 Å². The molecule has 0 aliphatic heterocycles. The molecule has 0 radical (unpaired) electrons. The molecule has 4 N–H and O–H groups in total. The van der Waals surface area contributed by atoms with Gasteiger partial charge < -0.3 is 20.3 Å². The molecular weight excluding hydrogens is 433 g/mol. The molecule has 33 heavy (non-hydrogen) atoms. The third kappa shape index (κ3) is 5.77. The van der Waals surface area contributed by atoms with Gasteiger partial charge in [0.15, 0.2) is 14.2 Å². The molecule has 2 aromatic carbocycles. The van der Waals surface area contributed by atoms with E-state index in [1.54, 1.807) is 0 Å². The molecule has 2 heterocycles. The van der Waals surface area contributed by atoms with Crippen molar-refractivity contribution in [2.45, 2.75) is 39.5 Å². The number of nitrogens with two attached hydrogens (primary N) is 1. The van der Waals surface area contributed by atoms with Crippen LogP contribution in [0.2, 0.25) is 0 Å². The predicted octanol–water partition coefficient (Wildman–Crippen LogP) is 5.22. The summed E-state index contributed by atoms with van der Waals surface area (Å²) in [6.45, 7) is 4.74. The van der Waals surface area contributed by atoms with Crippen molar-refractivity contribution in [3.8, 4) is 5.75 Å². The summed E-state index contributed by atoms with van der Waals surface area (Å²) in [5.41, 5.74) is 12.6. The van der Waals surface area contributed by atoms with E-state index in [1.807, 2.05) is 12.3 Å². The average Bonchev–Trinajstić information content (AvgIpc) is 2.78. The lowest BCUT2D eigenvalue weighted by Crippen LogP contribution is -2.01. The summed E-state index contributed by atoms with van der Waals surface area (Å²) in [7, 11) is -1.80. The fraction of sp³-hybridized carbons (Fsp3) is 0.308. The number of rotatable bonds is 9. The van der Waals surface area contributed by atoms with Gasteiger partial charge in [0.25, 0.3) is 0 Å². The standard InChI is InChI=1S/C26H30N3O3P/c1-17-5-10-22-23-15-19(16-28-25(23)26(27)29-24(22)13-17)6-7-20-8-9-21(14-18(20)2)32-11-3-4-12-33(30)31/h5,8-10,13-16,30-31H,3-4,6-7,11-12H2,1-2H3,(H2,27,29). The van der Waals surface area contributed by atoms with Crippen LogP contribution in [0, 0.1) is 13.8 Å². The second kappa shape index (κ2) is 10.4. The molecule has 172 valence electrons. The first-order valence-corrected chi connectivity index (χ1v) is 12.7. The quantitative estimate of drug-likeness (QED) is 0.179. The SMILES string of the molecule is Cc1ccc2c(c1)nc(N)c1ncc(CCc3ccc(OCCCCP(O)O)cc3C)cc12. The van der Waals surface area contributed by atoms with Crippen molar-refractivity contribution in [2.75, 3.05) is 18.5 Å². The molecule has 6 nitrogen and oxygen atoms in total. The van der Waals surface area contributed by atoms with E-state index >= 15 is 0 Å². The van der Waals surface area contributed by atoms with Crippen molar-refractivity contribution in [3.05, 3.63) is 70.9 Å². The largest absolute Gasteiger partial charge is 0.494 e. The minimum Gasteiger partial charge on any atom is -0.494 e. The number of nitrogens with zero attached hydrogens (tertiary/aromatic N) is 2. The normalized spacial score (nSPS) is 11.5. The summed E-state index contributed by atoms with van der Waals surface area (Å²) in [5.74, 6) is 1.32. The van der Waals surface area contributed by atoms with E-state index in [0.29, 0.717) is 18.6 Å². The molecule has 0 aliphatic carbocycles. The first kappa shape index (κ1) is 23.4. The van der Waals surface area contributed by atoms with Crippen LogP contribution in [0.5, 0.6) is 5.75 Å². The molecule has 0 spiro atoms. The maximum atomic E-state index is 8.96. The molecule has 7 heteroatoms. The molecule has 0 saturated carbocycles. The van der Waals surface area contributed by atoms with Crippen LogP contribution in [-0.4, -0.2) is 32.5 Å². The number of hydrogen-bond acceptors (Lipinski definition) is 6. The number of pyridine rings is 2. The van der Waals surface area contributed by atoms with Gasteiger partial charge >= 0.3 is 0 Å². The molecular formula is C26H30N3O3P. The van der Waals surface area contributed by atoms with Gasteiger partial charge in [0.05, 0.1) is 12.1 Å². The predicted molar refractivity (Wildman–Crippen MR) is 136 cm³/mol.